The summed E-state index contributed by atoms with van der Waals surface area (Å²) in [4.78, 5) is 12.8. The predicted octanol–water partition coefficient (Wildman–Crippen LogP) is 3.90. The highest BCUT2D eigenvalue weighted by Crippen LogP contribution is 2.36. The van der Waals surface area contributed by atoms with Crippen LogP contribution in [-0.4, -0.2) is 24.2 Å². The average molecular weight is 365 g/mol. The molecular weight excluding hydrogens is 337 g/mol. The van der Waals surface area contributed by atoms with E-state index in [1.807, 2.05) is 96.1 Å². The molecule has 1 N–H and O–H groups in total. The molecule has 2 aromatic rings. The Morgan fingerprint density at radius 3 is 1.93 bits per heavy atom. The third-order valence-corrected chi connectivity index (χ3v) is 5.76. The number of rotatable bonds is 4. The van der Waals surface area contributed by atoms with Crippen molar-refractivity contribution in [3.63, 3.8) is 0 Å². The van der Waals surface area contributed by atoms with Crippen molar-refractivity contribution in [2.75, 3.05) is 5.32 Å². The number of nitrogens with one attached hydrogen (secondary N) is 1. The van der Waals surface area contributed by atoms with Crippen molar-refractivity contribution in [3.05, 3.63) is 60.2 Å². The summed E-state index contributed by atoms with van der Waals surface area (Å²) in [6.07, 6.45) is 0. The van der Waals surface area contributed by atoms with Crippen molar-refractivity contribution in [1.29, 1.82) is 0 Å². The minimum Gasteiger partial charge on any atom is -0.399 e. The van der Waals surface area contributed by atoms with Gasteiger partial charge in [0.2, 0.25) is 5.91 Å². The van der Waals surface area contributed by atoms with Crippen molar-refractivity contribution in [2.24, 2.45) is 0 Å². The molecule has 1 heterocycles. The van der Waals surface area contributed by atoms with Crippen molar-refractivity contribution in [1.82, 2.24) is 0 Å². The molecule has 0 saturated carbocycles. The first-order valence-electron chi connectivity index (χ1n) is 9.35. The quantitative estimate of drug-likeness (QED) is 0.836. The summed E-state index contributed by atoms with van der Waals surface area (Å²) in [5, 5.41) is 3.01. The first kappa shape index (κ1) is 19.7. The van der Waals surface area contributed by atoms with E-state index < -0.39 is 12.5 Å². The lowest BCUT2D eigenvalue weighted by Gasteiger charge is -2.32. The zero-order chi connectivity index (χ0) is 19.9. The van der Waals surface area contributed by atoms with Crippen LogP contribution in [0.2, 0.25) is 0 Å². The van der Waals surface area contributed by atoms with Crippen LogP contribution in [-0.2, 0) is 19.5 Å². The Kier molecular flexibility index (Phi) is 4.95. The molecule has 0 aliphatic carbocycles. The van der Waals surface area contributed by atoms with Gasteiger partial charge in [-0.1, -0.05) is 42.5 Å². The number of benzene rings is 2. The monoisotopic (exact) mass is 365 g/mol. The molecule has 2 aromatic carbocycles. The second-order valence-corrected chi connectivity index (χ2v) is 8.66. The van der Waals surface area contributed by atoms with Crippen LogP contribution < -0.4 is 10.8 Å². The van der Waals surface area contributed by atoms with Gasteiger partial charge in [-0.25, -0.2) is 0 Å². The molecule has 0 radical (unpaired) electrons. The molecule has 1 aliphatic rings. The van der Waals surface area contributed by atoms with Crippen LogP contribution in [0.3, 0.4) is 0 Å². The van der Waals surface area contributed by atoms with Crippen LogP contribution in [0.15, 0.2) is 54.6 Å². The van der Waals surface area contributed by atoms with E-state index in [2.05, 4.69) is 5.32 Å². The molecule has 1 saturated heterocycles. The molecule has 0 atom stereocenters. The van der Waals surface area contributed by atoms with Gasteiger partial charge in [0.25, 0.3) is 0 Å². The summed E-state index contributed by atoms with van der Waals surface area (Å²) in [6.45, 7) is 12.0. The third-order valence-electron chi connectivity index (χ3n) is 5.76. The van der Waals surface area contributed by atoms with Crippen LogP contribution in [0.4, 0.5) is 5.69 Å². The maximum Gasteiger partial charge on any atom is 0.494 e. The van der Waals surface area contributed by atoms with Gasteiger partial charge >= 0.3 is 7.12 Å². The van der Waals surface area contributed by atoms with Crippen LogP contribution in [0.5, 0.6) is 0 Å². The van der Waals surface area contributed by atoms with Crippen molar-refractivity contribution >= 4 is 24.2 Å². The largest absolute Gasteiger partial charge is 0.494 e. The number of carbonyl (C=O) groups excluding carboxylic acids is 1. The second kappa shape index (κ2) is 6.81. The van der Waals surface area contributed by atoms with E-state index in [1.54, 1.807) is 0 Å². The molecule has 27 heavy (non-hydrogen) atoms. The highest BCUT2D eigenvalue weighted by Gasteiger charge is 2.51. The van der Waals surface area contributed by atoms with E-state index in [0.717, 1.165) is 16.7 Å². The lowest BCUT2D eigenvalue weighted by molar-refractivity contribution is -0.120. The lowest BCUT2D eigenvalue weighted by atomic mass is 9.79. The Balaban J connectivity index is 1.71. The second-order valence-electron chi connectivity index (χ2n) is 8.66. The maximum atomic E-state index is 12.8. The van der Waals surface area contributed by atoms with Crippen LogP contribution in [0.1, 0.15) is 47.1 Å². The Morgan fingerprint density at radius 1 is 0.889 bits per heavy atom. The van der Waals surface area contributed by atoms with E-state index in [4.69, 9.17) is 9.31 Å². The SMILES string of the molecule is CC(C)(C(=O)Nc1ccc(B2OC(C)(C)C(C)(C)O2)cc1)c1ccccc1. The van der Waals surface area contributed by atoms with Crippen LogP contribution in [0, 0.1) is 0 Å². The molecule has 0 aromatic heterocycles. The first-order chi connectivity index (χ1) is 12.5. The minimum atomic E-state index is -0.619. The summed E-state index contributed by atoms with van der Waals surface area (Å²) < 4.78 is 12.1. The van der Waals surface area contributed by atoms with Gasteiger partial charge in [-0.05, 0) is 64.7 Å². The van der Waals surface area contributed by atoms with Crippen LogP contribution in [0.25, 0.3) is 0 Å². The van der Waals surface area contributed by atoms with E-state index in [0.29, 0.717) is 0 Å². The zero-order valence-electron chi connectivity index (χ0n) is 17.0. The van der Waals surface area contributed by atoms with Gasteiger partial charge in [-0.2, -0.15) is 0 Å². The van der Waals surface area contributed by atoms with E-state index in [-0.39, 0.29) is 17.1 Å². The van der Waals surface area contributed by atoms with E-state index in [9.17, 15) is 4.79 Å². The molecule has 3 rings (SSSR count). The third kappa shape index (κ3) is 3.80. The van der Waals surface area contributed by atoms with Gasteiger partial charge in [0.15, 0.2) is 0 Å². The smallest absolute Gasteiger partial charge is 0.399 e. The molecule has 5 heteroatoms. The molecule has 142 valence electrons. The molecule has 1 fully saturated rings. The molecule has 0 bridgehead atoms. The summed E-state index contributed by atoms with van der Waals surface area (Å²) in [5.41, 5.74) is 1.31. The summed E-state index contributed by atoms with van der Waals surface area (Å²) in [5.74, 6) is -0.0444. The van der Waals surface area contributed by atoms with Gasteiger partial charge in [0.1, 0.15) is 0 Å². The topological polar surface area (TPSA) is 47.6 Å². The summed E-state index contributed by atoms with van der Waals surface area (Å²) >= 11 is 0. The predicted molar refractivity (Wildman–Crippen MR) is 110 cm³/mol. The molecule has 1 aliphatic heterocycles. The molecular formula is C22H28BNO3. The fraction of sp³-hybridized carbons (Fsp3) is 0.409. The molecule has 1 amide bonds. The lowest BCUT2D eigenvalue weighted by Crippen LogP contribution is -2.41. The fourth-order valence-electron chi connectivity index (χ4n) is 2.98. The first-order valence-corrected chi connectivity index (χ1v) is 9.35. The number of hydrogen-bond donors (Lipinski definition) is 1. The highest BCUT2D eigenvalue weighted by molar-refractivity contribution is 6.62. The molecule has 0 unspecified atom stereocenters. The van der Waals surface area contributed by atoms with E-state index >= 15 is 0 Å². The number of hydrogen-bond acceptors (Lipinski definition) is 3. The van der Waals surface area contributed by atoms with Gasteiger partial charge in [0, 0.05) is 5.69 Å². The zero-order valence-corrected chi connectivity index (χ0v) is 17.0. The Labute approximate surface area is 162 Å². The number of carbonyl (C=O) groups is 1. The maximum absolute atomic E-state index is 12.8. The average Bonchev–Trinajstić information content (AvgIpc) is 2.84. The van der Waals surface area contributed by atoms with Crippen molar-refractivity contribution in [2.45, 2.75) is 58.2 Å². The molecule has 4 nitrogen and oxygen atoms in total. The Morgan fingerprint density at radius 2 is 1.41 bits per heavy atom. The summed E-state index contributed by atoms with van der Waals surface area (Å²) in [7, 11) is -0.402. The van der Waals surface area contributed by atoms with Gasteiger partial charge in [-0.3, -0.25) is 4.79 Å². The molecule has 0 spiro atoms. The Bertz CT molecular complexity index is 797. The van der Waals surface area contributed by atoms with Gasteiger partial charge in [0.05, 0.1) is 16.6 Å². The summed E-state index contributed by atoms with van der Waals surface area (Å²) in [6, 6.07) is 17.4. The standard InChI is InChI=1S/C22H28BNO3/c1-20(2,16-10-8-7-9-11-16)19(25)24-18-14-12-17(13-15-18)23-26-21(3,4)22(5,6)27-23/h7-15H,1-6H3,(H,24,25). The van der Waals surface area contributed by atoms with Crippen molar-refractivity contribution < 1.29 is 14.1 Å². The number of anilines is 1. The van der Waals surface area contributed by atoms with Gasteiger partial charge < -0.3 is 14.6 Å². The Hall–Kier alpha value is -2.11. The van der Waals surface area contributed by atoms with Crippen LogP contribution >= 0.6 is 0 Å². The van der Waals surface area contributed by atoms with Crippen molar-refractivity contribution in [3.8, 4) is 0 Å². The highest BCUT2D eigenvalue weighted by atomic mass is 16.7. The fourth-order valence-corrected chi connectivity index (χ4v) is 2.98. The van der Waals surface area contributed by atoms with Gasteiger partial charge in [-0.15, -0.1) is 0 Å². The normalized spacial score (nSPS) is 18.4. The minimum absolute atomic E-state index is 0.0444. The van der Waals surface area contributed by atoms with E-state index in [1.165, 1.54) is 0 Å². The number of amides is 1.